The summed E-state index contributed by atoms with van der Waals surface area (Å²) in [5.74, 6) is -0.312. The van der Waals surface area contributed by atoms with E-state index in [1.165, 1.54) is 38.5 Å². The minimum atomic E-state index is -1.59. The summed E-state index contributed by atoms with van der Waals surface area (Å²) < 4.78 is 32.4. The van der Waals surface area contributed by atoms with Crippen molar-refractivity contribution < 1.29 is 58.7 Å². The van der Waals surface area contributed by atoms with E-state index >= 15 is 0 Å². The van der Waals surface area contributed by atoms with Gasteiger partial charge in [0.25, 0.3) is 0 Å². The zero-order chi connectivity index (χ0) is 24.3. The van der Waals surface area contributed by atoms with Crippen LogP contribution in [0.25, 0.3) is 0 Å². The second-order valence-electron chi connectivity index (χ2n) is 7.83. The van der Waals surface area contributed by atoms with E-state index in [4.69, 9.17) is 23.7 Å². The summed E-state index contributed by atoms with van der Waals surface area (Å²) in [4.78, 5) is 11.6. The van der Waals surface area contributed by atoms with E-state index in [9.17, 15) is 30.3 Å². The van der Waals surface area contributed by atoms with Gasteiger partial charge in [-0.1, -0.05) is 0 Å². The molecule has 2 heterocycles. The van der Waals surface area contributed by atoms with Crippen molar-refractivity contribution in [2.24, 2.45) is 0 Å². The van der Waals surface area contributed by atoms with Crippen molar-refractivity contribution in [1.29, 1.82) is 0 Å². The van der Waals surface area contributed by atoms with Gasteiger partial charge in [0.05, 0.1) is 25.4 Å². The van der Waals surface area contributed by atoms with Crippen LogP contribution in [0.5, 0.6) is 5.75 Å². The van der Waals surface area contributed by atoms with Crippen LogP contribution in [0.3, 0.4) is 0 Å². The summed E-state index contributed by atoms with van der Waals surface area (Å²) in [5.41, 5.74) is 0.280. The summed E-state index contributed by atoms with van der Waals surface area (Å²) in [7, 11) is 2.56. The third-order valence-corrected chi connectivity index (χ3v) is 5.70. The molecule has 0 bridgehead atoms. The highest BCUT2D eigenvalue weighted by atomic mass is 16.8. The van der Waals surface area contributed by atoms with Crippen molar-refractivity contribution in [3.63, 3.8) is 0 Å². The van der Waals surface area contributed by atoms with Crippen LogP contribution in [0.15, 0.2) is 24.3 Å². The number of esters is 1. The van der Waals surface area contributed by atoms with Gasteiger partial charge in [0.2, 0.25) is 6.29 Å². The molecule has 12 nitrogen and oxygen atoms in total. The number of carbonyl (C=O) groups excluding carboxylic acids is 1. The minimum Gasteiger partial charge on any atom is -0.465 e. The normalized spacial score (nSPS) is 39.2. The lowest BCUT2D eigenvalue weighted by atomic mass is 9.97. The summed E-state index contributed by atoms with van der Waals surface area (Å²) in [6, 6.07) is 5.83. The molecule has 186 valence electrons. The van der Waals surface area contributed by atoms with Gasteiger partial charge in [0.15, 0.2) is 12.4 Å². The second-order valence-corrected chi connectivity index (χ2v) is 7.83. The van der Waals surface area contributed by atoms with E-state index < -0.39 is 74.0 Å². The van der Waals surface area contributed by atoms with Crippen molar-refractivity contribution in [3.05, 3.63) is 29.8 Å². The van der Waals surface area contributed by atoms with E-state index in [1.807, 2.05) is 0 Å². The first-order chi connectivity index (χ1) is 15.7. The average Bonchev–Trinajstić information content (AvgIpc) is 2.82. The first-order valence-electron chi connectivity index (χ1n) is 10.4. The van der Waals surface area contributed by atoms with E-state index in [1.54, 1.807) is 6.92 Å². The number of aliphatic hydroxyl groups is 5. The number of aliphatic hydroxyl groups excluding tert-OH is 5. The molecule has 3 rings (SSSR count). The van der Waals surface area contributed by atoms with Gasteiger partial charge in [0, 0.05) is 7.11 Å². The van der Waals surface area contributed by atoms with Crippen molar-refractivity contribution in [2.75, 3.05) is 20.8 Å². The molecule has 10 unspecified atom stereocenters. The van der Waals surface area contributed by atoms with Gasteiger partial charge in [-0.05, 0) is 31.2 Å². The lowest BCUT2D eigenvalue weighted by Gasteiger charge is -2.46. The first-order valence-corrected chi connectivity index (χ1v) is 10.4. The number of rotatable bonds is 7. The smallest absolute Gasteiger partial charge is 0.337 e. The van der Waals surface area contributed by atoms with Crippen LogP contribution in [0.2, 0.25) is 0 Å². The molecule has 2 fully saturated rings. The molecule has 2 aliphatic rings. The molecule has 5 N–H and O–H groups in total. The predicted molar refractivity (Wildman–Crippen MR) is 108 cm³/mol. The molecule has 1 aromatic rings. The first kappa shape index (κ1) is 25.7. The monoisotopic (exact) mass is 474 g/mol. The molecule has 0 aliphatic carbocycles. The molecule has 2 saturated heterocycles. The Bertz CT molecular complexity index is 773. The zero-order valence-corrected chi connectivity index (χ0v) is 18.4. The largest absolute Gasteiger partial charge is 0.465 e. The highest BCUT2D eigenvalue weighted by Crippen LogP contribution is 2.31. The highest BCUT2D eigenvalue weighted by molar-refractivity contribution is 5.89. The maximum Gasteiger partial charge on any atom is 0.337 e. The summed E-state index contributed by atoms with van der Waals surface area (Å²) in [5, 5.41) is 51.2. The Hall–Kier alpha value is -1.87. The quantitative estimate of drug-likeness (QED) is 0.280. The van der Waals surface area contributed by atoms with Gasteiger partial charge >= 0.3 is 5.97 Å². The van der Waals surface area contributed by atoms with Crippen LogP contribution in [-0.4, -0.2) is 114 Å². The van der Waals surface area contributed by atoms with E-state index in [0.717, 1.165) is 0 Å². The molecule has 10 atom stereocenters. The van der Waals surface area contributed by atoms with E-state index in [2.05, 4.69) is 4.74 Å². The molecule has 0 amide bonds. The molecule has 33 heavy (non-hydrogen) atoms. The molecule has 12 heteroatoms. The van der Waals surface area contributed by atoms with Crippen LogP contribution in [0.4, 0.5) is 0 Å². The summed E-state index contributed by atoms with van der Waals surface area (Å²) in [6.45, 7) is 0.948. The Morgan fingerprint density at radius 1 is 0.909 bits per heavy atom. The Labute approximate surface area is 190 Å². The van der Waals surface area contributed by atoms with E-state index in [0.29, 0.717) is 0 Å². The Morgan fingerprint density at radius 2 is 1.58 bits per heavy atom. The molecule has 0 spiro atoms. The third-order valence-electron chi connectivity index (χ3n) is 5.70. The summed E-state index contributed by atoms with van der Waals surface area (Å²) in [6.07, 6.45) is -12.7. The average molecular weight is 474 g/mol. The zero-order valence-electron chi connectivity index (χ0n) is 18.4. The Kier molecular flexibility index (Phi) is 8.61. The molecule has 0 aromatic heterocycles. The molecule has 0 saturated carbocycles. The fourth-order valence-corrected chi connectivity index (χ4v) is 3.76. The fourth-order valence-electron chi connectivity index (χ4n) is 3.76. The fraction of sp³-hybridized carbons (Fsp3) is 0.667. The number of hydrogen-bond acceptors (Lipinski definition) is 12. The van der Waals surface area contributed by atoms with Gasteiger partial charge < -0.3 is 54.0 Å². The molecule has 0 radical (unpaired) electrons. The molecular weight excluding hydrogens is 444 g/mol. The number of benzene rings is 1. The van der Waals surface area contributed by atoms with E-state index in [-0.39, 0.29) is 11.3 Å². The molecule has 1 aromatic carbocycles. The van der Waals surface area contributed by atoms with Crippen molar-refractivity contribution in [2.45, 2.75) is 68.3 Å². The van der Waals surface area contributed by atoms with Crippen LogP contribution in [0, 0.1) is 0 Å². The van der Waals surface area contributed by atoms with Gasteiger partial charge in [-0.3, -0.25) is 0 Å². The van der Waals surface area contributed by atoms with Crippen LogP contribution < -0.4 is 4.74 Å². The van der Waals surface area contributed by atoms with Crippen LogP contribution in [-0.2, 0) is 23.7 Å². The van der Waals surface area contributed by atoms with Gasteiger partial charge in [-0.25, -0.2) is 4.79 Å². The standard InChI is InChI=1S/C21H30O12/c1-9-13(23)17(28-2)16(26)20(30-9)33-18-15(25)14(24)12(8-22)32-21(18)31-11-6-4-10(5-7-11)19(27)29-3/h4-7,9,12-18,20-26H,8H2,1-3H3. The Balaban J connectivity index is 1.81. The SMILES string of the molecule is COC(=O)c1ccc(OC2OC(CO)C(O)C(O)C2OC2OC(C)C(O)C(OC)C2O)cc1. The topological polar surface area (TPSA) is 174 Å². The molecule has 2 aliphatic heterocycles. The van der Waals surface area contributed by atoms with Gasteiger partial charge in [0.1, 0.15) is 42.4 Å². The van der Waals surface area contributed by atoms with Gasteiger partial charge in [-0.15, -0.1) is 0 Å². The van der Waals surface area contributed by atoms with Crippen LogP contribution >= 0.6 is 0 Å². The number of carbonyl (C=O) groups is 1. The van der Waals surface area contributed by atoms with Gasteiger partial charge in [-0.2, -0.15) is 0 Å². The van der Waals surface area contributed by atoms with Crippen molar-refractivity contribution in [1.82, 2.24) is 0 Å². The minimum absolute atomic E-state index is 0.227. The van der Waals surface area contributed by atoms with Crippen LogP contribution in [0.1, 0.15) is 17.3 Å². The maximum atomic E-state index is 11.6. The molecular formula is C21H30O12. The Morgan fingerprint density at radius 3 is 2.15 bits per heavy atom. The third kappa shape index (κ3) is 5.45. The second kappa shape index (κ2) is 11.0. The number of hydrogen-bond donors (Lipinski definition) is 5. The predicted octanol–water partition coefficient (Wildman–Crippen LogP) is -1.84. The summed E-state index contributed by atoms with van der Waals surface area (Å²) >= 11 is 0. The maximum absolute atomic E-state index is 11.6. The number of ether oxygens (including phenoxy) is 6. The lowest BCUT2D eigenvalue weighted by Crippen LogP contribution is -2.64. The lowest BCUT2D eigenvalue weighted by molar-refractivity contribution is -0.355. The highest BCUT2D eigenvalue weighted by Gasteiger charge is 2.51. The van der Waals surface area contributed by atoms with Crippen molar-refractivity contribution >= 4 is 5.97 Å². The number of methoxy groups -OCH3 is 2. The van der Waals surface area contributed by atoms with Crippen molar-refractivity contribution in [3.8, 4) is 5.75 Å².